The van der Waals surface area contributed by atoms with Gasteiger partial charge in [0.15, 0.2) is 9.84 Å². The molecule has 12 heteroatoms. The lowest BCUT2D eigenvalue weighted by atomic mass is 10.0. The first-order valence-corrected chi connectivity index (χ1v) is 11.7. The van der Waals surface area contributed by atoms with Crippen LogP contribution in [0.4, 0.5) is 26.3 Å². The van der Waals surface area contributed by atoms with Gasteiger partial charge in [0.2, 0.25) is 0 Å². The molecule has 0 N–H and O–H groups in total. The number of sulfone groups is 1. The number of hydrogen-bond acceptors (Lipinski definition) is 4. The molecule has 0 atom stereocenters. The standard InChI is InChI=1S/C23H15F6N3O2S/c1-35(33,34)21-5-3-2-4-18(21)17-6-7-30-12-20(17)32-13-31-11-19(32)14-8-15(22(24,25)26)10-16(9-14)23(27,28)29/h2-13H,1H3. The molecular weight excluding hydrogens is 496 g/mol. The summed E-state index contributed by atoms with van der Waals surface area (Å²) in [6.45, 7) is 0. The van der Waals surface area contributed by atoms with Crippen molar-refractivity contribution in [1.29, 1.82) is 0 Å². The number of benzene rings is 2. The summed E-state index contributed by atoms with van der Waals surface area (Å²) in [5.74, 6) is 0. The van der Waals surface area contributed by atoms with E-state index >= 15 is 0 Å². The molecule has 0 saturated heterocycles. The molecule has 0 radical (unpaired) electrons. The van der Waals surface area contributed by atoms with Crippen molar-refractivity contribution in [3.05, 3.63) is 84.6 Å². The minimum absolute atomic E-state index is 0.00691. The second kappa shape index (κ2) is 8.52. The highest BCUT2D eigenvalue weighted by Gasteiger charge is 2.37. The van der Waals surface area contributed by atoms with Crippen molar-refractivity contribution in [3.63, 3.8) is 0 Å². The molecule has 2 aromatic heterocycles. The highest BCUT2D eigenvalue weighted by molar-refractivity contribution is 7.90. The number of pyridine rings is 1. The summed E-state index contributed by atoms with van der Waals surface area (Å²) in [5.41, 5.74) is -2.56. The van der Waals surface area contributed by atoms with Gasteiger partial charge in [-0.2, -0.15) is 26.3 Å². The summed E-state index contributed by atoms with van der Waals surface area (Å²) < 4.78 is 106. The van der Waals surface area contributed by atoms with Crippen LogP contribution in [-0.2, 0) is 22.2 Å². The molecule has 0 aliphatic carbocycles. The van der Waals surface area contributed by atoms with Gasteiger partial charge < -0.3 is 0 Å². The van der Waals surface area contributed by atoms with E-state index in [0.717, 1.165) is 12.5 Å². The van der Waals surface area contributed by atoms with Crippen molar-refractivity contribution in [2.75, 3.05) is 6.26 Å². The number of nitrogens with zero attached hydrogens (tertiary/aromatic N) is 3. The number of alkyl halides is 6. The number of aromatic nitrogens is 3. The molecule has 182 valence electrons. The monoisotopic (exact) mass is 511 g/mol. The summed E-state index contributed by atoms with van der Waals surface area (Å²) >= 11 is 0. The summed E-state index contributed by atoms with van der Waals surface area (Å²) in [4.78, 5) is 7.92. The van der Waals surface area contributed by atoms with E-state index in [9.17, 15) is 34.8 Å². The van der Waals surface area contributed by atoms with Crippen LogP contribution in [0.5, 0.6) is 0 Å². The topological polar surface area (TPSA) is 64.8 Å². The van der Waals surface area contributed by atoms with E-state index in [-0.39, 0.29) is 33.5 Å². The molecule has 2 heterocycles. The maximum atomic E-state index is 13.4. The molecule has 0 unspecified atom stereocenters. The first-order chi connectivity index (χ1) is 16.3. The molecule has 35 heavy (non-hydrogen) atoms. The van der Waals surface area contributed by atoms with Crippen molar-refractivity contribution >= 4 is 9.84 Å². The number of rotatable bonds is 4. The zero-order valence-corrected chi connectivity index (χ0v) is 18.6. The van der Waals surface area contributed by atoms with Gasteiger partial charge in [-0.05, 0) is 30.3 Å². The molecule has 0 amide bonds. The second-order valence-electron chi connectivity index (χ2n) is 7.60. The lowest BCUT2D eigenvalue weighted by molar-refractivity contribution is -0.143. The van der Waals surface area contributed by atoms with Crippen LogP contribution in [0, 0.1) is 0 Å². The van der Waals surface area contributed by atoms with Crippen LogP contribution in [0.2, 0.25) is 0 Å². The van der Waals surface area contributed by atoms with Gasteiger partial charge in [0.05, 0.1) is 46.1 Å². The molecule has 2 aromatic carbocycles. The first-order valence-electron chi connectivity index (χ1n) is 9.83. The highest BCUT2D eigenvalue weighted by Crippen LogP contribution is 2.40. The first kappa shape index (κ1) is 24.5. The van der Waals surface area contributed by atoms with Gasteiger partial charge in [0.1, 0.15) is 0 Å². The van der Waals surface area contributed by atoms with Gasteiger partial charge in [-0.15, -0.1) is 0 Å². The minimum Gasteiger partial charge on any atom is -0.297 e. The molecule has 0 saturated carbocycles. The average molecular weight is 511 g/mol. The van der Waals surface area contributed by atoms with Gasteiger partial charge in [0, 0.05) is 29.1 Å². The smallest absolute Gasteiger partial charge is 0.297 e. The van der Waals surface area contributed by atoms with E-state index in [1.807, 2.05) is 0 Å². The quantitative estimate of drug-likeness (QED) is 0.313. The number of halogens is 6. The van der Waals surface area contributed by atoms with Crippen LogP contribution in [0.15, 0.2) is 78.3 Å². The Balaban J connectivity index is 1.96. The van der Waals surface area contributed by atoms with Gasteiger partial charge in [-0.3, -0.25) is 9.55 Å². The third kappa shape index (κ3) is 4.92. The van der Waals surface area contributed by atoms with Crippen molar-refractivity contribution in [1.82, 2.24) is 14.5 Å². The molecule has 0 aliphatic heterocycles. The molecule has 0 bridgehead atoms. The molecule has 0 aliphatic rings. The van der Waals surface area contributed by atoms with Crippen LogP contribution in [0.25, 0.3) is 28.1 Å². The Kier molecular flexibility index (Phi) is 5.95. The lowest BCUT2D eigenvalue weighted by Crippen LogP contribution is -2.11. The summed E-state index contributed by atoms with van der Waals surface area (Å²) in [7, 11) is -3.67. The van der Waals surface area contributed by atoms with E-state index in [1.165, 1.54) is 47.6 Å². The largest absolute Gasteiger partial charge is 0.416 e. The van der Waals surface area contributed by atoms with Gasteiger partial charge in [0.25, 0.3) is 0 Å². The molecule has 4 aromatic rings. The van der Waals surface area contributed by atoms with Gasteiger partial charge in [-0.25, -0.2) is 13.4 Å². The average Bonchev–Trinajstić information content (AvgIpc) is 3.27. The number of hydrogen-bond donors (Lipinski definition) is 0. The fourth-order valence-electron chi connectivity index (χ4n) is 3.62. The van der Waals surface area contributed by atoms with E-state index in [4.69, 9.17) is 0 Å². The van der Waals surface area contributed by atoms with E-state index in [2.05, 4.69) is 9.97 Å². The van der Waals surface area contributed by atoms with Crippen molar-refractivity contribution in [2.24, 2.45) is 0 Å². The maximum absolute atomic E-state index is 13.4. The summed E-state index contributed by atoms with van der Waals surface area (Å²) in [5, 5.41) is 0. The Bertz CT molecular complexity index is 1480. The number of imidazole rings is 1. The van der Waals surface area contributed by atoms with E-state index in [0.29, 0.717) is 17.7 Å². The Morgan fingerprint density at radius 1 is 0.800 bits per heavy atom. The van der Waals surface area contributed by atoms with Crippen LogP contribution in [-0.4, -0.2) is 29.2 Å². The molecule has 0 fully saturated rings. The maximum Gasteiger partial charge on any atom is 0.416 e. The molecule has 0 spiro atoms. The van der Waals surface area contributed by atoms with Crippen LogP contribution in [0.3, 0.4) is 0 Å². The SMILES string of the molecule is CS(=O)(=O)c1ccccc1-c1ccncc1-n1cncc1-c1cc(C(F)(F)F)cc(C(F)(F)F)c1. The summed E-state index contributed by atoms with van der Waals surface area (Å²) in [6, 6.07) is 8.81. The minimum atomic E-state index is -5.02. The molecule has 5 nitrogen and oxygen atoms in total. The predicted molar refractivity (Wildman–Crippen MR) is 115 cm³/mol. The van der Waals surface area contributed by atoms with Crippen molar-refractivity contribution in [3.8, 4) is 28.1 Å². The Morgan fingerprint density at radius 3 is 2.03 bits per heavy atom. The highest BCUT2D eigenvalue weighted by atomic mass is 32.2. The van der Waals surface area contributed by atoms with E-state index < -0.39 is 33.3 Å². The van der Waals surface area contributed by atoms with Gasteiger partial charge in [-0.1, -0.05) is 18.2 Å². The van der Waals surface area contributed by atoms with Crippen molar-refractivity contribution in [2.45, 2.75) is 17.2 Å². The molecule has 4 rings (SSSR count). The predicted octanol–water partition coefficient (Wildman–Crippen LogP) is 6.04. The van der Waals surface area contributed by atoms with Crippen LogP contribution in [0.1, 0.15) is 11.1 Å². The van der Waals surface area contributed by atoms with Gasteiger partial charge >= 0.3 is 12.4 Å². The van der Waals surface area contributed by atoms with Crippen molar-refractivity contribution < 1.29 is 34.8 Å². The molecular formula is C23H15F6N3O2S. The lowest BCUT2D eigenvalue weighted by Gasteiger charge is -2.17. The fourth-order valence-corrected chi connectivity index (χ4v) is 4.52. The van der Waals surface area contributed by atoms with E-state index in [1.54, 1.807) is 6.07 Å². The Morgan fingerprint density at radius 2 is 1.43 bits per heavy atom. The van der Waals surface area contributed by atoms with Crippen LogP contribution >= 0.6 is 0 Å². The normalized spacial score (nSPS) is 12.7. The zero-order valence-electron chi connectivity index (χ0n) is 17.8. The fraction of sp³-hybridized carbons (Fsp3) is 0.130. The van der Waals surface area contributed by atoms with Crippen LogP contribution < -0.4 is 0 Å². The Labute approximate surface area is 195 Å². The third-order valence-electron chi connectivity index (χ3n) is 5.16. The zero-order chi connectivity index (χ0) is 25.6. The Hall–Kier alpha value is -3.67. The third-order valence-corrected chi connectivity index (χ3v) is 6.31. The summed E-state index contributed by atoms with van der Waals surface area (Å²) in [6.07, 6.45) is -3.99. The second-order valence-corrected chi connectivity index (χ2v) is 9.59.